The number of tetrazole rings is 1. The normalized spacial score (nSPS) is 9.74. The van der Waals surface area contributed by atoms with Gasteiger partial charge in [0.2, 0.25) is 0 Å². The number of nitrogens with zero attached hydrogens (tertiary/aromatic N) is 4. The average Bonchev–Trinajstić information content (AvgIpc) is 2.93. The second kappa shape index (κ2) is 7.45. The van der Waals surface area contributed by atoms with Crippen molar-refractivity contribution in [2.45, 2.75) is 0 Å². The lowest BCUT2D eigenvalue weighted by molar-refractivity contribution is 0.0954. The number of aromatic nitrogens is 4. The van der Waals surface area contributed by atoms with Crippen molar-refractivity contribution in [3.63, 3.8) is 0 Å². The molecule has 8 heteroatoms. The van der Waals surface area contributed by atoms with Gasteiger partial charge in [-0.25, -0.2) is 4.68 Å². The molecule has 1 heterocycles. The Morgan fingerprint density at radius 2 is 2.00 bits per heavy atom. The number of amides is 1. The molecule has 19 heavy (non-hydrogen) atoms. The summed E-state index contributed by atoms with van der Waals surface area (Å²) in [7, 11) is 1.84. The van der Waals surface area contributed by atoms with Crippen LogP contribution in [0.15, 0.2) is 30.6 Å². The number of halogens is 1. The topological polar surface area (TPSA) is 84.7 Å². The summed E-state index contributed by atoms with van der Waals surface area (Å²) in [4.78, 5) is 11.7. The van der Waals surface area contributed by atoms with Crippen LogP contribution < -0.4 is 10.6 Å². The van der Waals surface area contributed by atoms with Crippen molar-refractivity contribution in [2.24, 2.45) is 0 Å². The predicted molar refractivity (Wildman–Crippen MR) is 72.7 cm³/mol. The molecule has 1 amide bonds. The van der Waals surface area contributed by atoms with Gasteiger partial charge < -0.3 is 10.6 Å². The van der Waals surface area contributed by atoms with Gasteiger partial charge in [-0.05, 0) is 41.7 Å². The molecule has 0 spiro atoms. The highest BCUT2D eigenvalue weighted by Crippen LogP contribution is 2.07. The molecule has 2 aromatic rings. The van der Waals surface area contributed by atoms with Gasteiger partial charge in [-0.2, -0.15) is 0 Å². The van der Waals surface area contributed by atoms with E-state index < -0.39 is 0 Å². The Morgan fingerprint density at radius 3 is 2.58 bits per heavy atom. The number of likely N-dealkylation sites (N-methyl/N-ethyl adjacent to an activating group) is 1. The van der Waals surface area contributed by atoms with E-state index in [2.05, 4.69) is 26.2 Å². The molecule has 0 aliphatic heterocycles. The third kappa shape index (κ3) is 4.01. The Bertz CT molecular complexity index is 498. The quantitative estimate of drug-likeness (QED) is 0.756. The molecule has 1 aromatic carbocycles. The second-order valence-electron chi connectivity index (χ2n) is 3.66. The maximum atomic E-state index is 11.7. The van der Waals surface area contributed by atoms with E-state index in [1.54, 1.807) is 24.3 Å². The molecular formula is C11H15ClN6O. The molecule has 0 unspecified atom stereocenters. The Hall–Kier alpha value is -1.99. The first-order chi connectivity index (χ1) is 8.81. The van der Waals surface area contributed by atoms with E-state index in [1.807, 2.05) is 7.05 Å². The summed E-state index contributed by atoms with van der Waals surface area (Å²) in [6.45, 7) is 1.35. The highest BCUT2D eigenvalue weighted by Gasteiger charge is 2.05. The van der Waals surface area contributed by atoms with E-state index in [4.69, 9.17) is 0 Å². The van der Waals surface area contributed by atoms with Gasteiger partial charge in [0.15, 0.2) is 0 Å². The molecule has 102 valence electrons. The van der Waals surface area contributed by atoms with Crippen LogP contribution in [0.1, 0.15) is 10.4 Å². The molecule has 1 aromatic heterocycles. The monoisotopic (exact) mass is 282 g/mol. The van der Waals surface area contributed by atoms with E-state index in [1.165, 1.54) is 11.0 Å². The number of rotatable bonds is 5. The minimum Gasteiger partial charge on any atom is -0.351 e. The number of carbonyl (C=O) groups excluding carboxylic acids is 1. The zero-order chi connectivity index (χ0) is 12.8. The van der Waals surface area contributed by atoms with Gasteiger partial charge in [0.05, 0.1) is 5.69 Å². The Balaban J connectivity index is 0.00000180. The van der Waals surface area contributed by atoms with Gasteiger partial charge in [-0.15, -0.1) is 17.5 Å². The van der Waals surface area contributed by atoms with Gasteiger partial charge in [0.1, 0.15) is 6.33 Å². The number of carbonyl (C=O) groups is 1. The van der Waals surface area contributed by atoms with Gasteiger partial charge >= 0.3 is 0 Å². The van der Waals surface area contributed by atoms with Crippen molar-refractivity contribution in [1.29, 1.82) is 0 Å². The molecule has 2 N–H and O–H groups in total. The van der Waals surface area contributed by atoms with Crippen LogP contribution in [-0.4, -0.2) is 46.3 Å². The first-order valence-corrected chi connectivity index (χ1v) is 5.57. The van der Waals surface area contributed by atoms with Gasteiger partial charge in [0.25, 0.3) is 5.91 Å². The van der Waals surface area contributed by atoms with E-state index >= 15 is 0 Å². The lowest BCUT2D eigenvalue weighted by Crippen LogP contribution is -2.30. The Kier molecular flexibility index (Phi) is 5.91. The molecule has 0 atom stereocenters. The minimum atomic E-state index is -0.0893. The number of hydrogen-bond acceptors (Lipinski definition) is 5. The molecule has 0 saturated carbocycles. The van der Waals surface area contributed by atoms with Crippen LogP contribution in [0.5, 0.6) is 0 Å². The summed E-state index contributed by atoms with van der Waals surface area (Å²) in [5, 5.41) is 16.6. The van der Waals surface area contributed by atoms with Crippen molar-refractivity contribution in [2.75, 3.05) is 20.1 Å². The molecule has 0 saturated heterocycles. The van der Waals surface area contributed by atoms with Crippen LogP contribution in [0.4, 0.5) is 0 Å². The van der Waals surface area contributed by atoms with Gasteiger partial charge in [-0.3, -0.25) is 4.79 Å². The van der Waals surface area contributed by atoms with Crippen molar-refractivity contribution in [3.05, 3.63) is 36.2 Å². The van der Waals surface area contributed by atoms with Crippen LogP contribution >= 0.6 is 12.4 Å². The smallest absolute Gasteiger partial charge is 0.251 e. The number of benzene rings is 1. The van der Waals surface area contributed by atoms with Crippen molar-refractivity contribution < 1.29 is 4.79 Å². The van der Waals surface area contributed by atoms with Crippen molar-refractivity contribution in [1.82, 2.24) is 30.8 Å². The van der Waals surface area contributed by atoms with Crippen molar-refractivity contribution in [3.8, 4) is 5.69 Å². The van der Waals surface area contributed by atoms with Crippen molar-refractivity contribution >= 4 is 18.3 Å². The largest absolute Gasteiger partial charge is 0.351 e. The predicted octanol–water partition coefficient (Wildman–Crippen LogP) is 0.0333. The summed E-state index contributed by atoms with van der Waals surface area (Å²) in [5.74, 6) is -0.0893. The first-order valence-electron chi connectivity index (χ1n) is 5.57. The van der Waals surface area contributed by atoms with E-state index in [9.17, 15) is 4.79 Å². The lowest BCUT2D eigenvalue weighted by Gasteiger charge is -2.05. The molecule has 0 radical (unpaired) electrons. The highest BCUT2D eigenvalue weighted by atomic mass is 35.5. The standard InChI is InChI=1S/C11H14N6O.ClH/c1-12-6-7-13-11(18)9-2-4-10(5-3-9)17-8-14-15-16-17;/h2-5,8,12H,6-7H2,1H3,(H,13,18);1H. The molecular weight excluding hydrogens is 268 g/mol. The fourth-order valence-electron chi connectivity index (χ4n) is 1.45. The zero-order valence-electron chi connectivity index (χ0n) is 10.4. The fourth-order valence-corrected chi connectivity index (χ4v) is 1.45. The fraction of sp³-hybridized carbons (Fsp3) is 0.273. The second-order valence-corrected chi connectivity index (χ2v) is 3.66. The van der Waals surface area contributed by atoms with E-state index in [0.717, 1.165) is 12.2 Å². The third-order valence-electron chi connectivity index (χ3n) is 2.40. The van der Waals surface area contributed by atoms with Crippen LogP contribution in [0.25, 0.3) is 5.69 Å². The summed E-state index contributed by atoms with van der Waals surface area (Å²) >= 11 is 0. The minimum absolute atomic E-state index is 0. The summed E-state index contributed by atoms with van der Waals surface area (Å²) < 4.78 is 1.53. The Morgan fingerprint density at radius 1 is 1.26 bits per heavy atom. The SMILES string of the molecule is CNCCNC(=O)c1ccc(-n2cnnn2)cc1.Cl. The molecule has 7 nitrogen and oxygen atoms in total. The summed E-state index contributed by atoms with van der Waals surface area (Å²) in [6, 6.07) is 7.07. The van der Waals surface area contributed by atoms with Crippen LogP contribution in [-0.2, 0) is 0 Å². The maximum absolute atomic E-state index is 11.7. The summed E-state index contributed by atoms with van der Waals surface area (Å²) in [5.41, 5.74) is 1.43. The summed E-state index contributed by atoms with van der Waals surface area (Å²) in [6.07, 6.45) is 1.50. The zero-order valence-corrected chi connectivity index (χ0v) is 11.2. The van der Waals surface area contributed by atoms with Crippen LogP contribution in [0.3, 0.4) is 0 Å². The molecule has 0 bridgehead atoms. The lowest BCUT2D eigenvalue weighted by atomic mass is 10.2. The van der Waals surface area contributed by atoms with Crippen LogP contribution in [0.2, 0.25) is 0 Å². The Labute approximate surface area is 116 Å². The molecule has 0 aliphatic rings. The molecule has 0 aliphatic carbocycles. The molecule has 0 fully saturated rings. The average molecular weight is 283 g/mol. The maximum Gasteiger partial charge on any atom is 0.251 e. The van der Waals surface area contributed by atoms with E-state index in [-0.39, 0.29) is 18.3 Å². The van der Waals surface area contributed by atoms with Gasteiger partial charge in [0, 0.05) is 18.7 Å². The first kappa shape index (κ1) is 15.1. The van der Waals surface area contributed by atoms with Crippen LogP contribution in [0, 0.1) is 0 Å². The third-order valence-corrected chi connectivity index (χ3v) is 2.40. The molecule has 2 rings (SSSR count). The number of nitrogens with one attached hydrogen (secondary N) is 2. The highest BCUT2D eigenvalue weighted by molar-refractivity contribution is 5.94. The van der Waals surface area contributed by atoms with E-state index in [0.29, 0.717) is 12.1 Å². The number of hydrogen-bond donors (Lipinski definition) is 2. The van der Waals surface area contributed by atoms with Gasteiger partial charge in [-0.1, -0.05) is 0 Å².